The molecule has 1 aromatic rings. The molecule has 0 saturated heterocycles. The van der Waals surface area contributed by atoms with Gasteiger partial charge in [0, 0.05) is 6.54 Å². The average molecular weight is 256 g/mol. The minimum absolute atomic E-state index is 0.0306. The molecule has 1 rings (SSSR count). The summed E-state index contributed by atoms with van der Waals surface area (Å²) in [6, 6.07) is 1.32. The van der Waals surface area contributed by atoms with Gasteiger partial charge in [0.2, 0.25) is 0 Å². The molecule has 1 heterocycles. The lowest BCUT2D eigenvalue weighted by molar-refractivity contribution is -0.389. The van der Waals surface area contributed by atoms with E-state index in [2.05, 4.69) is 5.10 Å². The number of aliphatic carboxylic acids is 1. The normalized spacial score (nSPS) is 10.8. The Morgan fingerprint density at radius 2 is 2.33 bits per heavy atom. The Hall–Kier alpha value is -1.96. The van der Waals surface area contributed by atoms with Gasteiger partial charge in [-0.2, -0.15) is 4.68 Å². The first-order valence-corrected chi connectivity index (χ1v) is 5.65. The van der Waals surface area contributed by atoms with E-state index in [0.29, 0.717) is 19.6 Å². The molecule has 8 nitrogen and oxygen atoms in total. The maximum Gasteiger partial charge on any atom is 0.389 e. The molecular weight excluding hydrogens is 240 g/mol. The van der Waals surface area contributed by atoms with Gasteiger partial charge in [-0.1, -0.05) is 6.92 Å². The van der Waals surface area contributed by atoms with Crippen molar-refractivity contribution in [3.05, 3.63) is 22.4 Å². The minimum atomic E-state index is -0.880. The third-order valence-electron chi connectivity index (χ3n) is 2.36. The smallest absolute Gasteiger partial charge is 0.389 e. The lowest BCUT2D eigenvalue weighted by Crippen LogP contribution is -2.33. The number of carboxylic acid groups (broad SMARTS) is 1. The number of carboxylic acids is 1. The van der Waals surface area contributed by atoms with Crippen LogP contribution in [0.1, 0.15) is 13.3 Å². The van der Waals surface area contributed by atoms with Gasteiger partial charge in [0.25, 0.3) is 0 Å². The Morgan fingerprint density at radius 3 is 2.83 bits per heavy atom. The molecule has 1 N–H and O–H groups in total. The van der Waals surface area contributed by atoms with E-state index in [1.165, 1.54) is 16.9 Å². The van der Waals surface area contributed by atoms with E-state index in [1.807, 2.05) is 6.92 Å². The highest BCUT2D eigenvalue weighted by atomic mass is 16.6. The Bertz CT molecular complexity index is 418. The Balaban J connectivity index is 2.49. The van der Waals surface area contributed by atoms with E-state index in [9.17, 15) is 14.9 Å². The zero-order valence-electron chi connectivity index (χ0n) is 10.2. The van der Waals surface area contributed by atoms with Gasteiger partial charge in [-0.25, -0.2) is 0 Å². The molecule has 0 atom stereocenters. The van der Waals surface area contributed by atoms with Crippen molar-refractivity contribution in [2.24, 2.45) is 0 Å². The quantitative estimate of drug-likeness (QED) is 0.539. The molecule has 0 fully saturated rings. The van der Waals surface area contributed by atoms with Crippen molar-refractivity contribution in [3.63, 3.8) is 0 Å². The summed E-state index contributed by atoms with van der Waals surface area (Å²) in [5.74, 6) is -1.08. The summed E-state index contributed by atoms with van der Waals surface area (Å²) in [5.41, 5.74) is 0. The predicted octanol–water partition coefficient (Wildman–Crippen LogP) is 0.588. The van der Waals surface area contributed by atoms with Crippen LogP contribution in [0, 0.1) is 10.1 Å². The van der Waals surface area contributed by atoms with E-state index in [0.717, 1.165) is 6.42 Å². The number of carbonyl (C=O) groups is 1. The summed E-state index contributed by atoms with van der Waals surface area (Å²) in [7, 11) is 0. The SMILES string of the molecule is CCCN(CCn1ccc([N+](=O)[O-])n1)CC(=O)O. The second kappa shape index (κ2) is 6.70. The zero-order valence-corrected chi connectivity index (χ0v) is 10.2. The van der Waals surface area contributed by atoms with Crippen LogP contribution in [0.25, 0.3) is 0 Å². The molecule has 18 heavy (non-hydrogen) atoms. The maximum absolute atomic E-state index is 10.6. The van der Waals surface area contributed by atoms with E-state index in [4.69, 9.17) is 5.11 Å². The molecule has 1 aromatic heterocycles. The molecule has 0 aromatic carbocycles. The summed E-state index contributed by atoms with van der Waals surface area (Å²) in [5, 5.41) is 22.9. The van der Waals surface area contributed by atoms with Gasteiger partial charge >= 0.3 is 11.8 Å². The second-order valence-corrected chi connectivity index (χ2v) is 3.86. The number of nitro groups is 1. The predicted molar refractivity (Wildman–Crippen MR) is 63.2 cm³/mol. The molecule has 0 radical (unpaired) electrons. The molecule has 0 aliphatic heterocycles. The standard InChI is InChI=1S/C10H16N4O4/c1-2-4-12(8-10(15)16)6-7-13-5-3-9(11-13)14(17)18/h3,5H,2,4,6-8H2,1H3,(H,15,16). The Morgan fingerprint density at radius 1 is 1.61 bits per heavy atom. The van der Waals surface area contributed by atoms with Crippen molar-refractivity contribution in [1.82, 2.24) is 14.7 Å². The van der Waals surface area contributed by atoms with Crippen LogP contribution < -0.4 is 0 Å². The van der Waals surface area contributed by atoms with E-state index in [-0.39, 0.29) is 12.4 Å². The highest BCUT2D eigenvalue weighted by Crippen LogP contribution is 2.05. The molecule has 0 unspecified atom stereocenters. The summed E-state index contributed by atoms with van der Waals surface area (Å²) < 4.78 is 1.45. The Kier molecular flexibility index (Phi) is 5.25. The topological polar surface area (TPSA) is 102 Å². The van der Waals surface area contributed by atoms with Crippen LogP contribution in [0.3, 0.4) is 0 Å². The number of rotatable bonds is 8. The van der Waals surface area contributed by atoms with Crippen LogP contribution in [-0.2, 0) is 11.3 Å². The fourth-order valence-corrected chi connectivity index (χ4v) is 1.59. The molecule has 0 saturated carbocycles. The molecule has 0 amide bonds. The van der Waals surface area contributed by atoms with Crippen molar-refractivity contribution in [1.29, 1.82) is 0 Å². The van der Waals surface area contributed by atoms with E-state index < -0.39 is 10.9 Å². The number of hydrogen-bond acceptors (Lipinski definition) is 5. The van der Waals surface area contributed by atoms with Gasteiger partial charge in [0.1, 0.15) is 0 Å². The second-order valence-electron chi connectivity index (χ2n) is 3.86. The number of aromatic nitrogens is 2. The Labute approximate surface area is 104 Å². The lowest BCUT2D eigenvalue weighted by atomic mass is 10.4. The van der Waals surface area contributed by atoms with Crippen molar-refractivity contribution in [2.75, 3.05) is 19.6 Å². The van der Waals surface area contributed by atoms with Gasteiger partial charge < -0.3 is 15.2 Å². The summed E-state index contributed by atoms with van der Waals surface area (Å²) in [6.07, 6.45) is 2.37. The molecular formula is C10H16N4O4. The van der Waals surface area contributed by atoms with E-state index in [1.54, 1.807) is 4.90 Å². The third-order valence-corrected chi connectivity index (χ3v) is 2.36. The zero-order chi connectivity index (χ0) is 13.5. The molecule has 0 aliphatic rings. The van der Waals surface area contributed by atoms with Crippen LogP contribution in [0.15, 0.2) is 12.3 Å². The number of hydrogen-bond donors (Lipinski definition) is 1. The summed E-state index contributed by atoms with van der Waals surface area (Å²) in [6.45, 7) is 3.54. The van der Waals surface area contributed by atoms with Crippen molar-refractivity contribution in [2.45, 2.75) is 19.9 Å². The fourth-order valence-electron chi connectivity index (χ4n) is 1.59. The van der Waals surface area contributed by atoms with Crippen LogP contribution in [-0.4, -0.2) is 50.3 Å². The largest absolute Gasteiger partial charge is 0.480 e. The van der Waals surface area contributed by atoms with Crippen LogP contribution >= 0.6 is 0 Å². The first-order valence-electron chi connectivity index (χ1n) is 5.65. The van der Waals surface area contributed by atoms with Crippen molar-refractivity contribution < 1.29 is 14.8 Å². The van der Waals surface area contributed by atoms with Gasteiger partial charge in [-0.05, 0) is 17.9 Å². The van der Waals surface area contributed by atoms with Crippen LogP contribution in [0.4, 0.5) is 5.82 Å². The highest BCUT2D eigenvalue weighted by molar-refractivity contribution is 5.69. The van der Waals surface area contributed by atoms with Gasteiger partial charge in [-0.15, -0.1) is 0 Å². The summed E-state index contributed by atoms with van der Waals surface area (Å²) in [4.78, 5) is 22.3. The van der Waals surface area contributed by atoms with Crippen LogP contribution in [0.5, 0.6) is 0 Å². The van der Waals surface area contributed by atoms with E-state index >= 15 is 0 Å². The minimum Gasteiger partial charge on any atom is -0.480 e. The molecule has 0 bridgehead atoms. The van der Waals surface area contributed by atoms with Crippen LogP contribution in [0.2, 0.25) is 0 Å². The molecule has 0 spiro atoms. The summed E-state index contributed by atoms with van der Waals surface area (Å²) >= 11 is 0. The first-order chi connectivity index (χ1) is 8.52. The fraction of sp³-hybridized carbons (Fsp3) is 0.600. The van der Waals surface area contributed by atoms with Crippen molar-refractivity contribution in [3.8, 4) is 0 Å². The molecule has 8 heteroatoms. The first kappa shape index (κ1) is 14.1. The number of nitrogens with zero attached hydrogens (tertiary/aromatic N) is 4. The molecule has 0 aliphatic carbocycles. The molecule has 100 valence electrons. The monoisotopic (exact) mass is 256 g/mol. The maximum atomic E-state index is 10.6. The van der Waals surface area contributed by atoms with Gasteiger partial charge in [-0.3, -0.25) is 9.69 Å². The van der Waals surface area contributed by atoms with Gasteiger partial charge in [0.15, 0.2) is 0 Å². The highest BCUT2D eigenvalue weighted by Gasteiger charge is 2.13. The lowest BCUT2D eigenvalue weighted by Gasteiger charge is -2.18. The van der Waals surface area contributed by atoms with Gasteiger partial charge in [0.05, 0.1) is 30.5 Å². The van der Waals surface area contributed by atoms with Crippen molar-refractivity contribution >= 4 is 11.8 Å². The third kappa shape index (κ3) is 4.50. The average Bonchev–Trinajstić information content (AvgIpc) is 2.74.